The Balaban J connectivity index is 1.82. The topological polar surface area (TPSA) is 23.8 Å². The third-order valence-electron chi connectivity index (χ3n) is 6.61. The molecule has 2 aliphatic carbocycles. The molecule has 2 saturated carbocycles. The van der Waals surface area contributed by atoms with E-state index < -0.39 is 0 Å². The zero-order chi connectivity index (χ0) is 15.8. The highest BCUT2D eigenvalue weighted by atomic mass is 14.5. The average Bonchev–Trinajstić information content (AvgIpc) is 2.56. The number of fused-ring (bicyclic) bond motifs is 1. The Morgan fingerprint density at radius 1 is 0.955 bits per heavy atom. The Morgan fingerprint density at radius 3 is 2.50 bits per heavy atom. The van der Waals surface area contributed by atoms with E-state index in [2.05, 4.69) is 19.9 Å². The largest absolute Gasteiger partial charge is 0.198 e. The van der Waals surface area contributed by atoms with Gasteiger partial charge in [-0.25, -0.2) is 0 Å². The van der Waals surface area contributed by atoms with Crippen molar-refractivity contribution >= 4 is 0 Å². The molecule has 1 nitrogen and oxygen atoms in total. The summed E-state index contributed by atoms with van der Waals surface area (Å²) in [7, 11) is 0. The lowest BCUT2D eigenvalue weighted by Gasteiger charge is -2.45. The minimum absolute atomic E-state index is 0.0468. The Kier molecular flexibility index (Phi) is 7.26. The summed E-state index contributed by atoms with van der Waals surface area (Å²) in [5, 5.41) is 9.81. The molecule has 4 atom stereocenters. The maximum atomic E-state index is 9.81. The maximum Gasteiger partial charge on any atom is 0.0689 e. The molecule has 2 rings (SSSR count). The Bertz CT molecular complexity index is 355. The molecule has 126 valence electrons. The monoisotopic (exact) mass is 303 g/mol. The van der Waals surface area contributed by atoms with Gasteiger partial charge in [0, 0.05) is 0 Å². The predicted molar refractivity (Wildman–Crippen MR) is 94.5 cm³/mol. The van der Waals surface area contributed by atoms with Crippen molar-refractivity contribution in [2.75, 3.05) is 0 Å². The molecule has 0 amide bonds. The first-order valence-electron chi connectivity index (χ1n) is 10.1. The number of hydrogen-bond donors (Lipinski definition) is 0. The molecule has 22 heavy (non-hydrogen) atoms. The summed E-state index contributed by atoms with van der Waals surface area (Å²) in [5.74, 6) is 2.82. The molecule has 0 aromatic carbocycles. The molecule has 1 unspecified atom stereocenters. The fourth-order valence-corrected chi connectivity index (χ4v) is 5.14. The lowest BCUT2D eigenvalue weighted by molar-refractivity contribution is 0.0616. The van der Waals surface area contributed by atoms with Crippen LogP contribution in [0, 0.1) is 34.5 Å². The maximum absolute atomic E-state index is 9.81. The van der Waals surface area contributed by atoms with E-state index in [0.717, 1.165) is 17.8 Å². The van der Waals surface area contributed by atoms with E-state index in [1.54, 1.807) is 0 Å². The molecule has 2 aliphatic rings. The average molecular weight is 304 g/mol. The van der Waals surface area contributed by atoms with Gasteiger partial charge in [0.25, 0.3) is 0 Å². The summed E-state index contributed by atoms with van der Waals surface area (Å²) >= 11 is 0. The molecule has 0 radical (unpaired) electrons. The second-order valence-corrected chi connectivity index (χ2v) is 8.29. The van der Waals surface area contributed by atoms with Crippen molar-refractivity contribution in [1.82, 2.24) is 0 Å². The smallest absolute Gasteiger partial charge is 0.0689 e. The Labute approximate surface area is 138 Å². The second kappa shape index (κ2) is 8.95. The van der Waals surface area contributed by atoms with Crippen LogP contribution in [0.2, 0.25) is 0 Å². The summed E-state index contributed by atoms with van der Waals surface area (Å²) in [6.45, 7) is 4.58. The predicted octanol–water partition coefficient (Wildman–Crippen LogP) is 6.87. The van der Waals surface area contributed by atoms with Gasteiger partial charge < -0.3 is 0 Å². The van der Waals surface area contributed by atoms with E-state index in [-0.39, 0.29) is 5.41 Å². The highest BCUT2D eigenvalue weighted by Gasteiger charge is 2.42. The summed E-state index contributed by atoms with van der Waals surface area (Å²) in [4.78, 5) is 0. The molecule has 0 aliphatic heterocycles. The van der Waals surface area contributed by atoms with Crippen molar-refractivity contribution in [3.63, 3.8) is 0 Å². The number of nitriles is 1. The Hall–Kier alpha value is -0.510. The summed E-state index contributed by atoms with van der Waals surface area (Å²) in [5.41, 5.74) is 0.0468. The molecular weight excluding hydrogens is 266 g/mol. The van der Waals surface area contributed by atoms with E-state index in [4.69, 9.17) is 0 Å². The fourth-order valence-electron chi connectivity index (χ4n) is 5.14. The standard InChI is InChI=1S/C21H37N/c1-3-5-7-8-13-21(17-22)14-12-19-15-18(9-6-4-2)10-11-20(19)16-21/h18-20H,3-16H2,1-2H3/t18-,19+,20?,21-/m0/s1. The van der Waals surface area contributed by atoms with Gasteiger partial charge in [0.15, 0.2) is 0 Å². The highest BCUT2D eigenvalue weighted by Crippen LogP contribution is 2.51. The van der Waals surface area contributed by atoms with E-state index in [9.17, 15) is 5.26 Å². The van der Waals surface area contributed by atoms with Gasteiger partial charge in [0.05, 0.1) is 11.5 Å². The minimum atomic E-state index is 0.0468. The quantitative estimate of drug-likeness (QED) is 0.449. The van der Waals surface area contributed by atoms with Gasteiger partial charge >= 0.3 is 0 Å². The number of hydrogen-bond acceptors (Lipinski definition) is 1. The lowest BCUT2D eigenvalue weighted by atomic mass is 9.58. The summed E-state index contributed by atoms with van der Waals surface area (Å²) in [6, 6.07) is 2.77. The van der Waals surface area contributed by atoms with Crippen LogP contribution in [-0.2, 0) is 0 Å². The molecule has 0 saturated heterocycles. The SMILES string of the molecule is CCCCCC[C@]1(C#N)CC[C@@H]2C[C@@H](CCCC)CCC2C1. The van der Waals surface area contributed by atoms with E-state index >= 15 is 0 Å². The van der Waals surface area contributed by atoms with Crippen molar-refractivity contribution in [1.29, 1.82) is 5.26 Å². The Morgan fingerprint density at radius 2 is 1.77 bits per heavy atom. The molecule has 0 aromatic heterocycles. The second-order valence-electron chi connectivity index (χ2n) is 8.29. The first kappa shape index (κ1) is 17.8. The van der Waals surface area contributed by atoms with Gasteiger partial charge in [0.1, 0.15) is 0 Å². The van der Waals surface area contributed by atoms with Gasteiger partial charge in [-0.3, -0.25) is 0 Å². The van der Waals surface area contributed by atoms with E-state index in [1.165, 1.54) is 89.9 Å². The summed E-state index contributed by atoms with van der Waals surface area (Å²) in [6.07, 6.45) is 18.7. The van der Waals surface area contributed by atoms with Crippen LogP contribution >= 0.6 is 0 Å². The van der Waals surface area contributed by atoms with Crippen LogP contribution in [-0.4, -0.2) is 0 Å². The lowest BCUT2D eigenvalue weighted by Crippen LogP contribution is -2.36. The molecule has 0 aromatic rings. The van der Waals surface area contributed by atoms with Crippen molar-refractivity contribution in [3.8, 4) is 6.07 Å². The number of nitrogens with zero attached hydrogens (tertiary/aromatic N) is 1. The highest BCUT2D eigenvalue weighted by molar-refractivity contribution is 5.04. The minimum Gasteiger partial charge on any atom is -0.198 e. The molecule has 0 bridgehead atoms. The third kappa shape index (κ3) is 4.74. The van der Waals surface area contributed by atoms with Gasteiger partial charge in [-0.15, -0.1) is 0 Å². The normalized spacial score (nSPS) is 34.9. The van der Waals surface area contributed by atoms with Crippen LogP contribution in [0.4, 0.5) is 0 Å². The summed E-state index contributed by atoms with van der Waals surface area (Å²) < 4.78 is 0. The van der Waals surface area contributed by atoms with Crippen molar-refractivity contribution < 1.29 is 0 Å². The molecule has 0 heterocycles. The van der Waals surface area contributed by atoms with Gasteiger partial charge in [0.2, 0.25) is 0 Å². The molecule has 0 N–H and O–H groups in total. The molecule has 0 spiro atoms. The molecule has 1 heteroatoms. The van der Waals surface area contributed by atoms with Crippen molar-refractivity contribution in [3.05, 3.63) is 0 Å². The zero-order valence-electron chi connectivity index (χ0n) is 15.1. The van der Waals surface area contributed by atoms with Crippen LogP contribution in [0.3, 0.4) is 0 Å². The van der Waals surface area contributed by atoms with Crippen molar-refractivity contribution in [2.45, 2.75) is 104 Å². The van der Waals surface area contributed by atoms with Gasteiger partial charge in [-0.2, -0.15) is 5.26 Å². The van der Waals surface area contributed by atoms with Crippen LogP contribution < -0.4 is 0 Å². The van der Waals surface area contributed by atoms with Gasteiger partial charge in [-0.1, -0.05) is 65.2 Å². The first-order valence-corrected chi connectivity index (χ1v) is 10.1. The molecule has 2 fully saturated rings. The zero-order valence-corrected chi connectivity index (χ0v) is 15.1. The van der Waals surface area contributed by atoms with Crippen LogP contribution in [0.25, 0.3) is 0 Å². The first-order chi connectivity index (χ1) is 10.7. The van der Waals surface area contributed by atoms with Crippen LogP contribution in [0.15, 0.2) is 0 Å². The fraction of sp³-hybridized carbons (Fsp3) is 0.952. The van der Waals surface area contributed by atoms with E-state index in [0.29, 0.717) is 0 Å². The number of rotatable bonds is 8. The number of unbranched alkanes of at least 4 members (excludes halogenated alkanes) is 4. The van der Waals surface area contributed by atoms with Crippen LogP contribution in [0.1, 0.15) is 104 Å². The van der Waals surface area contributed by atoms with E-state index in [1.807, 2.05) is 0 Å². The molecular formula is C21H37N. The van der Waals surface area contributed by atoms with Gasteiger partial charge in [-0.05, 0) is 56.3 Å². The third-order valence-corrected chi connectivity index (χ3v) is 6.61. The van der Waals surface area contributed by atoms with Crippen molar-refractivity contribution in [2.24, 2.45) is 23.2 Å². The van der Waals surface area contributed by atoms with Crippen LogP contribution in [0.5, 0.6) is 0 Å².